The van der Waals surface area contributed by atoms with Gasteiger partial charge in [-0.15, -0.1) is 0 Å². The van der Waals surface area contributed by atoms with Crippen molar-refractivity contribution in [1.29, 1.82) is 0 Å². The number of ketones is 2. The number of aliphatic carboxylic acids is 1. The Morgan fingerprint density at radius 1 is 0.467 bits per heavy atom. The van der Waals surface area contributed by atoms with E-state index in [-0.39, 0.29) is 95.4 Å². The van der Waals surface area contributed by atoms with Gasteiger partial charge in [-0.05, 0) is 159 Å². The number of alkyl halides is 12. The quantitative estimate of drug-likeness (QED) is 0.0494. The maximum absolute atomic E-state index is 13.2. The van der Waals surface area contributed by atoms with Gasteiger partial charge in [0, 0.05) is 66.4 Å². The van der Waals surface area contributed by atoms with E-state index in [4.69, 9.17) is 5.11 Å². The highest BCUT2D eigenvalue weighted by Crippen LogP contribution is 2.40. The Morgan fingerprint density at radius 3 is 1.12 bits per heavy atom. The molecule has 4 aromatic carbocycles. The number of anilines is 2. The Morgan fingerprint density at radius 2 is 0.800 bits per heavy atom. The van der Waals surface area contributed by atoms with E-state index in [1.165, 1.54) is 24.3 Å². The molecule has 6 rings (SSSR count). The predicted molar refractivity (Wildman–Crippen MR) is 252 cm³/mol. The molecule has 22 heteroatoms. The summed E-state index contributed by atoms with van der Waals surface area (Å²) in [6.07, 6.45) is -12.5. The molecule has 0 saturated carbocycles. The third-order valence-electron chi connectivity index (χ3n) is 12.0. The van der Waals surface area contributed by atoms with Crippen LogP contribution < -0.4 is 16.0 Å². The lowest BCUT2D eigenvalue weighted by atomic mass is 9.85. The first-order valence-electron chi connectivity index (χ1n) is 23.4. The number of carboxylic acids is 1. The third-order valence-corrected chi connectivity index (χ3v) is 12.0. The van der Waals surface area contributed by atoms with Crippen LogP contribution in [-0.4, -0.2) is 47.4 Å². The molecule has 0 spiro atoms. The van der Waals surface area contributed by atoms with E-state index < -0.39 is 64.5 Å². The topological polar surface area (TPSA) is 159 Å². The Bertz CT molecular complexity index is 2800. The number of rotatable bonds is 16. The van der Waals surface area contributed by atoms with Crippen LogP contribution >= 0.6 is 0 Å². The first-order chi connectivity index (χ1) is 35.0. The number of halogens is 12. The maximum Gasteiger partial charge on any atom is 0.416 e. The fraction of sp³-hybridized carbons (Fsp3) is 0.358. The number of benzene rings is 4. The largest absolute Gasteiger partial charge is 0.481 e. The van der Waals surface area contributed by atoms with E-state index in [2.05, 4.69) is 16.0 Å². The Kier molecular flexibility index (Phi) is 19.4. The molecule has 2 aliphatic rings. The molecule has 10 nitrogen and oxygen atoms in total. The Hall–Kier alpha value is -7.26. The summed E-state index contributed by atoms with van der Waals surface area (Å²) in [7, 11) is 1.56. The van der Waals surface area contributed by atoms with Crippen LogP contribution in [0.5, 0.6) is 0 Å². The minimum absolute atomic E-state index is 0.0336. The number of carbonyl (C=O) groups excluding carboxylic acids is 5. The molecule has 0 unspecified atom stereocenters. The van der Waals surface area contributed by atoms with Crippen LogP contribution in [0.25, 0.3) is 12.2 Å². The molecule has 0 aliphatic heterocycles. The second-order valence-corrected chi connectivity index (χ2v) is 17.7. The number of nitrogens with one attached hydrogen (secondary N) is 3. The summed E-state index contributed by atoms with van der Waals surface area (Å²) in [5.74, 6) is -2.46. The lowest BCUT2D eigenvalue weighted by molar-refractivity contribution is -0.144. The van der Waals surface area contributed by atoms with E-state index in [9.17, 15) is 81.5 Å². The van der Waals surface area contributed by atoms with Crippen LogP contribution in [0, 0.1) is 0 Å². The third kappa shape index (κ3) is 17.4. The lowest BCUT2D eigenvalue weighted by Crippen LogP contribution is -2.17. The summed E-state index contributed by atoms with van der Waals surface area (Å²) in [5, 5.41) is 16.6. The van der Waals surface area contributed by atoms with Crippen molar-refractivity contribution in [1.82, 2.24) is 5.32 Å². The number of carboxylic acid groups (broad SMARTS) is 1. The van der Waals surface area contributed by atoms with E-state index >= 15 is 0 Å². The van der Waals surface area contributed by atoms with Crippen molar-refractivity contribution in [2.75, 3.05) is 17.7 Å². The number of hydrogen-bond donors (Lipinski definition) is 4. The molecular weight excluding hydrogens is 1020 g/mol. The highest BCUT2D eigenvalue weighted by atomic mass is 19.4. The van der Waals surface area contributed by atoms with Gasteiger partial charge in [-0.25, -0.2) is 0 Å². The number of hydrogen-bond acceptors (Lipinski definition) is 6. The Labute approximate surface area is 421 Å². The number of Topliss-reactive ketones (excluding diaryl/α,β-unsaturated/α-hetero) is 2. The zero-order valence-electron chi connectivity index (χ0n) is 39.9. The van der Waals surface area contributed by atoms with E-state index in [0.717, 1.165) is 12.2 Å². The minimum Gasteiger partial charge on any atom is -0.481 e. The lowest BCUT2D eigenvalue weighted by Gasteiger charge is -2.19. The number of carbonyl (C=O) groups is 6. The smallest absolute Gasteiger partial charge is 0.416 e. The van der Waals surface area contributed by atoms with Gasteiger partial charge in [0.15, 0.2) is 11.6 Å². The van der Waals surface area contributed by atoms with Crippen molar-refractivity contribution in [2.24, 2.45) is 0 Å². The van der Waals surface area contributed by atoms with Crippen LogP contribution in [0.3, 0.4) is 0 Å². The molecule has 75 heavy (non-hydrogen) atoms. The molecule has 0 aromatic heterocycles. The average Bonchev–Trinajstić information content (AvgIpc) is 3.32. The summed E-state index contributed by atoms with van der Waals surface area (Å²) in [6, 6.07) is 11.6. The number of allylic oxidation sites excluding steroid dienone is 2. The summed E-state index contributed by atoms with van der Waals surface area (Å²) in [5.41, 5.74) is -3.70. The standard InChI is InChI=1S/C27H26F6N2O3.C26H23F6NO4/c1-34-23(36)5-3-2-4-6-24(37)35-21-9-10-22-17(14-21)7-8-18(25(22)38)11-16-12-19(26(28,29)30)15-20(13-16)27(31,32)33;27-25(28,29)18-11-15(12-19(14-18)26(30,31)32)10-17-7-6-16-13-20(8-9-21(16)24(17)37)33-22(34)4-2-1-3-5-23(35)36/h9-15H,2-8H2,1H3,(H,34,36)(H,35,37);8-14H,1-7H2,(H,33,34)(H,35,36)/b18-11+;17-10+. The van der Waals surface area contributed by atoms with Crippen LogP contribution in [0.1, 0.15) is 142 Å². The zero-order chi connectivity index (χ0) is 55.5. The molecule has 0 atom stereocenters. The van der Waals surface area contributed by atoms with Crippen molar-refractivity contribution in [2.45, 2.75) is 115 Å². The van der Waals surface area contributed by atoms with E-state index in [0.29, 0.717) is 105 Å². The fourth-order valence-electron chi connectivity index (χ4n) is 8.17. The van der Waals surface area contributed by atoms with E-state index in [1.807, 2.05) is 0 Å². The molecule has 4 N–H and O–H groups in total. The van der Waals surface area contributed by atoms with Gasteiger partial charge in [-0.3, -0.25) is 28.8 Å². The molecule has 0 bridgehead atoms. The SMILES string of the molecule is CNC(=O)CCCCCC(=O)Nc1ccc2c(c1)CC/C(=C\c1cc(C(F)(F)F)cc(C(F)(F)F)c1)C2=O.O=C(O)CCCCCC(=O)Nc1ccc2c(c1)CC/C(=C\c1cc(C(F)(F)F)cc(C(F)(F)F)c1)C2=O. The molecule has 3 amide bonds. The van der Waals surface area contributed by atoms with Gasteiger partial charge in [0.25, 0.3) is 0 Å². The van der Waals surface area contributed by atoms with Crippen LogP contribution in [0.4, 0.5) is 64.1 Å². The highest BCUT2D eigenvalue weighted by molar-refractivity contribution is 6.14. The van der Waals surface area contributed by atoms with Gasteiger partial charge >= 0.3 is 30.7 Å². The van der Waals surface area contributed by atoms with Gasteiger partial charge < -0.3 is 21.1 Å². The van der Waals surface area contributed by atoms with Gasteiger partial charge in [0.05, 0.1) is 22.3 Å². The molecule has 0 saturated heterocycles. The van der Waals surface area contributed by atoms with Crippen molar-refractivity contribution in [3.8, 4) is 0 Å². The zero-order valence-corrected chi connectivity index (χ0v) is 39.9. The number of unbranched alkanes of at least 4 members (excludes halogenated alkanes) is 4. The monoisotopic (exact) mass is 1070 g/mol. The normalized spacial score (nSPS) is 14.9. The van der Waals surface area contributed by atoms with Crippen LogP contribution in [0.2, 0.25) is 0 Å². The molecular formula is C53H49F12N3O7. The first-order valence-corrected chi connectivity index (χ1v) is 23.4. The average molecular weight is 1070 g/mol. The maximum atomic E-state index is 13.2. The van der Waals surface area contributed by atoms with Crippen LogP contribution in [-0.2, 0) is 56.7 Å². The fourth-order valence-corrected chi connectivity index (χ4v) is 8.17. The number of fused-ring (bicyclic) bond motifs is 2. The highest BCUT2D eigenvalue weighted by Gasteiger charge is 2.38. The van der Waals surface area contributed by atoms with E-state index in [1.54, 1.807) is 19.2 Å². The Balaban J connectivity index is 0.000000277. The number of amides is 3. The summed E-state index contributed by atoms with van der Waals surface area (Å²) in [6.45, 7) is 0. The van der Waals surface area contributed by atoms with Crippen LogP contribution in [0.15, 0.2) is 83.9 Å². The van der Waals surface area contributed by atoms with Gasteiger partial charge in [0.1, 0.15) is 0 Å². The number of aryl methyl sites for hydroxylation is 2. The second kappa shape index (κ2) is 24.8. The molecule has 4 aromatic rings. The molecule has 0 heterocycles. The molecule has 0 fully saturated rings. The summed E-state index contributed by atoms with van der Waals surface area (Å²) in [4.78, 5) is 71.9. The molecule has 0 radical (unpaired) electrons. The van der Waals surface area contributed by atoms with Gasteiger partial charge in [-0.1, -0.05) is 12.8 Å². The molecule has 402 valence electrons. The van der Waals surface area contributed by atoms with Crippen molar-refractivity contribution >= 4 is 58.8 Å². The summed E-state index contributed by atoms with van der Waals surface area (Å²) < 4.78 is 158. The van der Waals surface area contributed by atoms with Crippen molar-refractivity contribution in [3.63, 3.8) is 0 Å². The first kappa shape index (κ1) is 58.6. The van der Waals surface area contributed by atoms with Gasteiger partial charge in [-0.2, -0.15) is 52.7 Å². The summed E-state index contributed by atoms with van der Waals surface area (Å²) >= 11 is 0. The molecule has 2 aliphatic carbocycles. The van der Waals surface area contributed by atoms with Crippen molar-refractivity contribution in [3.05, 3.63) is 140 Å². The second-order valence-electron chi connectivity index (χ2n) is 17.7. The minimum atomic E-state index is -4.99. The predicted octanol–water partition coefficient (Wildman–Crippen LogP) is 13.5. The van der Waals surface area contributed by atoms with Gasteiger partial charge in [0.2, 0.25) is 17.7 Å². The van der Waals surface area contributed by atoms with Crippen molar-refractivity contribution < 1.29 is 86.6 Å².